The van der Waals surface area contributed by atoms with Crippen molar-refractivity contribution in [2.45, 2.75) is 39.3 Å². The zero-order chi connectivity index (χ0) is 25.9. The Morgan fingerprint density at radius 2 is 2.03 bits per heavy atom. The standard InChI is InChI=1S/C26H26N8O2/c1-5-16-11-19(12-17-15-34(10-9-20(16)17)25(35)36-26(2,3)4)30-24-29-14-18(13-27)23(33-24)32-22-8-6-7-21(28)31-22/h1,6-8,11-12,14H,9-10,15H2,2-4H3,(H4,28,29,30,31,32,33). The van der Waals surface area contributed by atoms with E-state index in [1.165, 1.54) is 6.20 Å². The average Bonchev–Trinajstić information content (AvgIpc) is 2.82. The molecule has 0 fully saturated rings. The van der Waals surface area contributed by atoms with Crippen LogP contribution in [0.5, 0.6) is 0 Å². The van der Waals surface area contributed by atoms with E-state index in [2.05, 4.69) is 37.6 Å². The van der Waals surface area contributed by atoms with Crippen molar-refractivity contribution in [3.63, 3.8) is 0 Å². The number of terminal acetylenes is 1. The molecule has 0 radical (unpaired) electrons. The zero-order valence-electron chi connectivity index (χ0n) is 20.3. The number of amides is 1. The van der Waals surface area contributed by atoms with Crippen LogP contribution in [0.1, 0.15) is 43.0 Å². The fourth-order valence-corrected chi connectivity index (χ4v) is 3.77. The second kappa shape index (κ2) is 9.80. The van der Waals surface area contributed by atoms with Gasteiger partial charge in [0.1, 0.15) is 28.9 Å². The lowest BCUT2D eigenvalue weighted by molar-refractivity contribution is 0.0224. The van der Waals surface area contributed by atoms with Crippen molar-refractivity contribution in [2.24, 2.45) is 0 Å². The van der Waals surface area contributed by atoms with Crippen LogP contribution in [0.3, 0.4) is 0 Å². The van der Waals surface area contributed by atoms with E-state index in [0.717, 1.165) is 16.7 Å². The van der Waals surface area contributed by atoms with Crippen molar-refractivity contribution in [3.8, 4) is 18.4 Å². The molecule has 10 heteroatoms. The summed E-state index contributed by atoms with van der Waals surface area (Å²) in [5.74, 6) is 4.05. The van der Waals surface area contributed by atoms with Gasteiger partial charge in [-0.25, -0.2) is 14.8 Å². The van der Waals surface area contributed by atoms with Crippen molar-refractivity contribution in [1.82, 2.24) is 19.9 Å². The van der Waals surface area contributed by atoms with Crippen LogP contribution in [0.2, 0.25) is 0 Å². The molecule has 1 aliphatic heterocycles. The smallest absolute Gasteiger partial charge is 0.410 e. The number of aromatic nitrogens is 3. The Labute approximate surface area is 209 Å². The number of nitrogens with two attached hydrogens (primary N) is 1. The molecule has 2 aromatic heterocycles. The summed E-state index contributed by atoms with van der Waals surface area (Å²) in [4.78, 5) is 27.1. The van der Waals surface area contributed by atoms with Gasteiger partial charge in [0.25, 0.3) is 0 Å². The van der Waals surface area contributed by atoms with Crippen LogP contribution in [-0.2, 0) is 17.7 Å². The minimum atomic E-state index is -0.579. The molecule has 36 heavy (non-hydrogen) atoms. The van der Waals surface area contributed by atoms with Gasteiger partial charge in [-0.3, -0.25) is 0 Å². The van der Waals surface area contributed by atoms with Crippen molar-refractivity contribution in [2.75, 3.05) is 22.9 Å². The van der Waals surface area contributed by atoms with E-state index in [9.17, 15) is 10.1 Å². The molecule has 0 unspecified atom stereocenters. The second-order valence-electron chi connectivity index (χ2n) is 9.22. The van der Waals surface area contributed by atoms with Crippen molar-refractivity contribution < 1.29 is 9.53 Å². The number of fused-ring (bicyclic) bond motifs is 1. The molecule has 3 heterocycles. The number of rotatable bonds is 4. The number of benzene rings is 1. The van der Waals surface area contributed by atoms with Crippen LogP contribution in [0.4, 0.5) is 33.9 Å². The molecule has 0 saturated heterocycles. The number of hydrogen-bond acceptors (Lipinski definition) is 9. The van der Waals surface area contributed by atoms with Crippen LogP contribution in [0.25, 0.3) is 0 Å². The Kier molecular flexibility index (Phi) is 6.62. The van der Waals surface area contributed by atoms with Gasteiger partial charge in [0.05, 0.1) is 6.20 Å². The third-order valence-electron chi connectivity index (χ3n) is 5.32. The molecule has 0 atom stereocenters. The predicted molar refractivity (Wildman–Crippen MR) is 137 cm³/mol. The molecule has 0 saturated carbocycles. The number of carbonyl (C=O) groups excluding carboxylic acids is 1. The highest BCUT2D eigenvalue weighted by molar-refractivity contribution is 5.70. The van der Waals surface area contributed by atoms with E-state index < -0.39 is 5.60 Å². The molecule has 0 spiro atoms. The molecule has 182 valence electrons. The highest BCUT2D eigenvalue weighted by Gasteiger charge is 2.27. The summed E-state index contributed by atoms with van der Waals surface area (Å²) >= 11 is 0. The lowest BCUT2D eigenvalue weighted by Crippen LogP contribution is -2.40. The lowest BCUT2D eigenvalue weighted by Gasteiger charge is -2.32. The molecule has 0 bridgehead atoms. The number of nitrogens with zero attached hydrogens (tertiary/aromatic N) is 5. The van der Waals surface area contributed by atoms with E-state index in [4.69, 9.17) is 16.9 Å². The summed E-state index contributed by atoms with van der Waals surface area (Å²) in [7, 11) is 0. The van der Waals surface area contributed by atoms with Gasteiger partial charge in [-0.15, -0.1) is 6.42 Å². The lowest BCUT2D eigenvalue weighted by atomic mass is 9.94. The largest absolute Gasteiger partial charge is 0.444 e. The first-order valence-electron chi connectivity index (χ1n) is 11.3. The Morgan fingerprint density at radius 1 is 1.22 bits per heavy atom. The summed E-state index contributed by atoms with van der Waals surface area (Å²) in [5, 5.41) is 15.6. The molecular formula is C26H26N8O2. The van der Waals surface area contributed by atoms with Gasteiger partial charge in [-0.2, -0.15) is 10.2 Å². The number of nitrogen functional groups attached to an aromatic ring is 1. The maximum atomic E-state index is 12.6. The Morgan fingerprint density at radius 3 is 2.72 bits per heavy atom. The normalized spacial score (nSPS) is 12.6. The Balaban J connectivity index is 1.60. The third kappa shape index (κ3) is 5.62. The van der Waals surface area contributed by atoms with Crippen molar-refractivity contribution in [3.05, 3.63) is 58.8 Å². The predicted octanol–water partition coefficient (Wildman–Crippen LogP) is 4.09. The van der Waals surface area contributed by atoms with Crippen LogP contribution in [-0.4, -0.2) is 38.1 Å². The number of ether oxygens (including phenoxy) is 1. The van der Waals surface area contributed by atoms with E-state index in [1.807, 2.05) is 32.9 Å². The van der Waals surface area contributed by atoms with Gasteiger partial charge in [0.15, 0.2) is 5.82 Å². The van der Waals surface area contributed by atoms with Crippen LogP contribution < -0.4 is 16.4 Å². The van der Waals surface area contributed by atoms with E-state index in [1.54, 1.807) is 23.1 Å². The number of pyridine rings is 1. The summed E-state index contributed by atoms with van der Waals surface area (Å²) in [6.07, 6.45) is 7.47. The minimum absolute atomic E-state index is 0.243. The molecule has 1 aromatic carbocycles. The van der Waals surface area contributed by atoms with Crippen LogP contribution in [0, 0.1) is 23.7 Å². The number of nitriles is 1. The maximum absolute atomic E-state index is 12.6. The molecule has 1 aliphatic rings. The number of hydrogen-bond donors (Lipinski definition) is 3. The molecule has 10 nitrogen and oxygen atoms in total. The zero-order valence-corrected chi connectivity index (χ0v) is 20.3. The fraction of sp³-hybridized carbons (Fsp3) is 0.269. The van der Waals surface area contributed by atoms with Crippen LogP contribution in [0.15, 0.2) is 36.5 Å². The fourth-order valence-electron chi connectivity index (χ4n) is 3.77. The molecule has 4 N–H and O–H groups in total. The highest BCUT2D eigenvalue weighted by atomic mass is 16.6. The van der Waals surface area contributed by atoms with E-state index in [-0.39, 0.29) is 23.4 Å². The second-order valence-corrected chi connectivity index (χ2v) is 9.22. The minimum Gasteiger partial charge on any atom is -0.444 e. The van der Waals surface area contributed by atoms with E-state index >= 15 is 0 Å². The van der Waals surface area contributed by atoms with Gasteiger partial charge in [-0.1, -0.05) is 12.0 Å². The summed E-state index contributed by atoms with van der Waals surface area (Å²) in [5.41, 5.74) is 8.74. The topological polar surface area (TPSA) is 142 Å². The van der Waals surface area contributed by atoms with Gasteiger partial charge in [-0.05, 0) is 62.6 Å². The number of carbonyl (C=O) groups is 1. The molecular weight excluding hydrogens is 456 g/mol. The van der Waals surface area contributed by atoms with E-state index in [0.29, 0.717) is 36.8 Å². The summed E-state index contributed by atoms with van der Waals surface area (Å²) in [6, 6.07) is 10.9. The maximum Gasteiger partial charge on any atom is 0.410 e. The first kappa shape index (κ1) is 24.3. The third-order valence-corrected chi connectivity index (χ3v) is 5.32. The van der Waals surface area contributed by atoms with Crippen molar-refractivity contribution in [1.29, 1.82) is 5.26 Å². The first-order valence-corrected chi connectivity index (χ1v) is 11.3. The first-order chi connectivity index (χ1) is 17.1. The highest BCUT2D eigenvalue weighted by Crippen LogP contribution is 2.29. The monoisotopic (exact) mass is 482 g/mol. The molecule has 3 aromatic rings. The van der Waals surface area contributed by atoms with Gasteiger partial charge in [0, 0.05) is 24.3 Å². The summed E-state index contributed by atoms with van der Waals surface area (Å²) < 4.78 is 5.53. The summed E-state index contributed by atoms with van der Waals surface area (Å²) in [6.45, 7) is 6.41. The molecule has 4 rings (SSSR count). The van der Waals surface area contributed by atoms with Crippen molar-refractivity contribution >= 4 is 35.2 Å². The van der Waals surface area contributed by atoms with Gasteiger partial charge < -0.3 is 26.0 Å². The van der Waals surface area contributed by atoms with Crippen LogP contribution >= 0.6 is 0 Å². The van der Waals surface area contributed by atoms with Gasteiger partial charge >= 0.3 is 6.09 Å². The number of nitrogens with one attached hydrogen (secondary N) is 2. The van der Waals surface area contributed by atoms with Gasteiger partial charge in [0.2, 0.25) is 5.95 Å². The molecule has 0 aliphatic carbocycles. The Bertz CT molecular complexity index is 1400. The number of anilines is 5. The quantitative estimate of drug-likeness (QED) is 0.469. The SMILES string of the molecule is C#Cc1cc(Nc2ncc(C#N)c(Nc3cccc(N)n3)n2)cc2c1CCN(C(=O)OC(C)(C)C)C2. The average molecular weight is 483 g/mol. The Hall–Kier alpha value is -4.83. The molecule has 1 amide bonds.